The maximum Gasteiger partial charge on any atom is 0.135 e. The van der Waals surface area contributed by atoms with E-state index in [0.29, 0.717) is 0 Å². The maximum atomic E-state index is 6.29. The third-order valence-electron chi connectivity index (χ3n) is 5.21. The van der Waals surface area contributed by atoms with Gasteiger partial charge in [-0.05, 0) is 59.9 Å². The molecule has 0 spiro atoms. The Labute approximate surface area is 156 Å². The maximum absolute atomic E-state index is 6.29. The highest BCUT2D eigenvalue weighted by Crippen LogP contribution is 2.35. The van der Waals surface area contributed by atoms with Crippen LogP contribution in [0.15, 0.2) is 48.5 Å². The van der Waals surface area contributed by atoms with E-state index in [1.165, 1.54) is 39.6 Å². The van der Waals surface area contributed by atoms with E-state index in [4.69, 9.17) is 4.74 Å². The third-order valence-corrected chi connectivity index (χ3v) is 5.21. The number of hydrogen-bond acceptors (Lipinski definition) is 3. The van der Waals surface area contributed by atoms with Crippen LogP contribution in [0.25, 0.3) is 10.8 Å². The number of rotatable bonds is 4. The fourth-order valence-electron chi connectivity index (χ4n) is 3.90. The highest BCUT2D eigenvalue weighted by atomic mass is 16.5. The summed E-state index contributed by atoms with van der Waals surface area (Å²) in [5, 5.41) is 5.99. The number of ether oxygens (including phenoxy) is 1. The zero-order valence-electron chi connectivity index (χ0n) is 15.8. The molecule has 0 bridgehead atoms. The molecule has 136 valence electrons. The van der Waals surface area contributed by atoms with Crippen LogP contribution in [-0.2, 0) is 19.3 Å². The molecule has 0 saturated heterocycles. The SMILES string of the molecule is CCc1ccc2c(Oc3ccc4c(c3)NCCC4)cccc2c1CC.N. The van der Waals surface area contributed by atoms with Gasteiger partial charge in [0.1, 0.15) is 11.5 Å². The summed E-state index contributed by atoms with van der Waals surface area (Å²) < 4.78 is 6.29. The summed E-state index contributed by atoms with van der Waals surface area (Å²) in [6.45, 7) is 5.50. The molecule has 4 N–H and O–H groups in total. The first kappa shape index (κ1) is 18.3. The molecule has 0 radical (unpaired) electrons. The molecule has 1 aliphatic rings. The highest BCUT2D eigenvalue weighted by molar-refractivity contribution is 5.92. The normalized spacial score (nSPS) is 12.8. The number of fused-ring (bicyclic) bond motifs is 2. The number of anilines is 1. The summed E-state index contributed by atoms with van der Waals surface area (Å²) in [5.41, 5.74) is 5.48. The van der Waals surface area contributed by atoms with Crippen molar-refractivity contribution in [2.75, 3.05) is 11.9 Å². The molecular weight excluding hydrogens is 320 g/mol. The van der Waals surface area contributed by atoms with Crippen molar-refractivity contribution in [2.45, 2.75) is 39.5 Å². The minimum atomic E-state index is 0. The molecule has 3 heteroatoms. The minimum absolute atomic E-state index is 0. The Morgan fingerprint density at radius 2 is 1.85 bits per heavy atom. The lowest BCUT2D eigenvalue weighted by Gasteiger charge is -2.19. The van der Waals surface area contributed by atoms with Crippen LogP contribution in [0.1, 0.15) is 37.0 Å². The number of benzene rings is 3. The molecule has 0 aliphatic carbocycles. The number of nitrogens with one attached hydrogen (secondary N) is 1. The lowest BCUT2D eigenvalue weighted by atomic mass is 9.95. The van der Waals surface area contributed by atoms with Crippen molar-refractivity contribution in [1.82, 2.24) is 6.15 Å². The van der Waals surface area contributed by atoms with Gasteiger partial charge in [-0.3, -0.25) is 0 Å². The Morgan fingerprint density at radius 1 is 0.962 bits per heavy atom. The van der Waals surface area contributed by atoms with Crippen molar-refractivity contribution in [3.05, 3.63) is 65.2 Å². The number of hydrogen-bond donors (Lipinski definition) is 2. The van der Waals surface area contributed by atoms with Crippen LogP contribution in [-0.4, -0.2) is 6.54 Å². The predicted molar refractivity (Wildman–Crippen MR) is 111 cm³/mol. The van der Waals surface area contributed by atoms with Crippen LogP contribution in [0.2, 0.25) is 0 Å². The van der Waals surface area contributed by atoms with E-state index in [1.54, 1.807) is 0 Å². The molecule has 0 atom stereocenters. The van der Waals surface area contributed by atoms with Gasteiger partial charge >= 0.3 is 0 Å². The van der Waals surface area contributed by atoms with Gasteiger partial charge in [0.2, 0.25) is 0 Å². The second-order valence-electron chi connectivity index (χ2n) is 6.71. The monoisotopic (exact) mass is 348 g/mol. The van der Waals surface area contributed by atoms with Gasteiger partial charge in [-0.1, -0.05) is 44.2 Å². The molecule has 0 aromatic heterocycles. The van der Waals surface area contributed by atoms with Gasteiger partial charge in [-0.2, -0.15) is 0 Å². The summed E-state index contributed by atoms with van der Waals surface area (Å²) in [6, 6.07) is 17.3. The molecule has 0 saturated carbocycles. The van der Waals surface area contributed by atoms with E-state index in [1.807, 2.05) is 0 Å². The highest BCUT2D eigenvalue weighted by Gasteiger charge is 2.12. The van der Waals surface area contributed by atoms with Gasteiger partial charge < -0.3 is 16.2 Å². The van der Waals surface area contributed by atoms with Crippen molar-refractivity contribution in [3.63, 3.8) is 0 Å². The molecule has 3 nitrogen and oxygen atoms in total. The van der Waals surface area contributed by atoms with Crippen LogP contribution in [0.3, 0.4) is 0 Å². The van der Waals surface area contributed by atoms with E-state index >= 15 is 0 Å². The Bertz CT molecular complexity index is 917. The van der Waals surface area contributed by atoms with E-state index in [9.17, 15) is 0 Å². The standard InChI is InChI=1S/C23H25NO.H3N/c1-3-16-11-13-21-20(19(16)4-2)8-5-9-23(21)25-18-12-10-17-7-6-14-24-22(17)15-18;/h5,8-13,15,24H,3-4,6-7,14H2,1-2H3;1H3. The summed E-state index contributed by atoms with van der Waals surface area (Å²) in [7, 11) is 0. The Kier molecular flexibility index (Phi) is 5.48. The zero-order valence-corrected chi connectivity index (χ0v) is 15.8. The van der Waals surface area contributed by atoms with Gasteiger partial charge in [0.25, 0.3) is 0 Å². The van der Waals surface area contributed by atoms with Crippen LogP contribution in [0.5, 0.6) is 11.5 Å². The van der Waals surface area contributed by atoms with Gasteiger partial charge in [-0.15, -0.1) is 0 Å². The van der Waals surface area contributed by atoms with Crippen molar-refractivity contribution in [2.24, 2.45) is 0 Å². The van der Waals surface area contributed by atoms with Crippen molar-refractivity contribution in [1.29, 1.82) is 0 Å². The molecule has 26 heavy (non-hydrogen) atoms. The molecule has 0 unspecified atom stereocenters. The van der Waals surface area contributed by atoms with Crippen LogP contribution in [0.4, 0.5) is 5.69 Å². The first-order valence-electron chi connectivity index (χ1n) is 9.38. The van der Waals surface area contributed by atoms with Gasteiger partial charge in [-0.25, -0.2) is 0 Å². The quantitative estimate of drug-likeness (QED) is 0.583. The third kappa shape index (κ3) is 3.27. The van der Waals surface area contributed by atoms with E-state index < -0.39 is 0 Å². The van der Waals surface area contributed by atoms with Crippen molar-refractivity contribution < 1.29 is 4.74 Å². The van der Waals surface area contributed by atoms with Gasteiger partial charge in [0.15, 0.2) is 0 Å². The Balaban J connectivity index is 0.00000196. The molecule has 3 aromatic carbocycles. The topological polar surface area (TPSA) is 56.3 Å². The first-order valence-corrected chi connectivity index (χ1v) is 9.38. The first-order chi connectivity index (χ1) is 12.3. The summed E-state index contributed by atoms with van der Waals surface area (Å²) in [5.74, 6) is 1.84. The molecule has 0 fully saturated rings. The average molecular weight is 348 g/mol. The van der Waals surface area contributed by atoms with Gasteiger partial charge in [0, 0.05) is 23.7 Å². The van der Waals surface area contributed by atoms with Crippen molar-refractivity contribution in [3.8, 4) is 11.5 Å². The van der Waals surface area contributed by atoms with Crippen LogP contribution in [0, 0.1) is 0 Å². The van der Waals surface area contributed by atoms with E-state index in [2.05, 4.69) is 67.7 Å². The summed E-state index contributed by atoms with van der Waals surface area (Å²) in [4.78, 5) is 0. The molecule has 0 amide bonds. The largest absolute Gasteiger partial charge is 0.457 e. The second kappa shape index (κ2) is 7.79. The summed E-state index contributed by atoms with van der Waals surface area (Å²) >= 11 is 0. The lowest BCUT2D eigenvalue weighted by molar-refractivity contribution is 0.488. The molecule has 1 heterocycles. The Hall–Kier alpha value is -2.52. The number of aryl methyl sites for hydroxylation is 3. The molecular formula is C23H28N2O. The molecule has 1 aliphatic heterocycles. The second-order valence-corrected chi connectivity index (χ2v) is 6.71. The van der Waals surface area contributed by atoms with E-state index in [-0.39, 0.29) is 6.15 Å². The fourth-order valence-corrected chi connectivity index (χ4v) is 3.90. The van der Waals surface area contributed by atoms with Gasteiger partial charge in [0.05, 0.1) is 0 Å². The smallest absolute Gasteiger partial charge is 0.135 e. The minimum Gasteiger partial charge on any atom is -0.457 e. The molecule has 3 aromatic rings. The molecule has 4 rings (SSSR count). The van der Waals surface area contributed by atoms with E-state index in [0.717, 1.165) is 37.3 Å². The Morgan fingerprint density at radius 3 is 2.65 bits per heavy atom. The zero-order chi connectivity index (χ0) is 17.2. The van der Waals surface area contributed by atoms with Crippen LogP contribution >= 0.6 is 0 Å². The average Bonchev–Trinajstić information content (AvgIpc) is 2.67. The summed E-state index contributed by atoms with van der Waals surface area (Å²) in [6.07, 6.45) is 4.47. The van der Waals surface area contributed by atoms with Crippen molar-refractivity contribution >= 4 is 16.5 Å². The predicted octanol–water partition coefficient (Wildman–Crippen LogP) is 6.28. The lowest BCUT2D eigenvalue weighted by Crippen LogP contribution is -2.11. The fraction of sp³-hybridized carbons (Fsp3) is 0.304. The van der Waals surface area contributed by atoms with Crippen LogP contribution < -0.4 is 16.2 Å².